The third kappa shape index (κ3) is 7.73. The first-order chi connectivity index (χ1) is 35.5. The van der Waals surface area contributed by atoms with E-state index in [4.69, 9.17) is 0 Å². The molecule has 0 atom stereocenters. The Bertz CT molecular complexity index is 3470. The largest absolute Gasteiger partial charge is 0.311 e. The van der Waals surface area contributed by atoms with Crippen LogP contribution in [0.3, 0.4) is 0 Å². The van der Waals surface area contributed by atoms with Crippen LogP contribution in [0.4, 0.5) is 51.2 Å². The molecule has 10 aromatic rings. The molecule has 0 unspecified atom stereocenters. The lowest BCUT2D eigenvalue weighted by molar-refractivity contribution is 0.591. The van der Waals surface area contributed by atoms with E-state index in [9.17, 15) is 0 Å². The van der Waals surface area contributed by atoms with Crippen LogP contribution in [-0.4, -0.2) is 14.8 Å². The zero-order valence-corrected chi connectivity index (χ0v) is 43.7. The molecule has 0 aliphatic carbocycles. The van der Waals surface area contributed by atoms with E-state index in [1.54, 1.807) is 0 Å². The van der Waals surface area contributed by atoms with E-state index in [1.165, 1.54) is 82.4 Å². The maximum absolute atomic E-state index is 2.95. The summed E-state index contributed by atoms with van der Waals surface area (Å²) in [4.78, 5) is 7.60. The number of benzene rings is 10. The predicted molar refractivity (Wildman–Crippen MR) is 316 cm³/mol. The van der Waals surface area contributed by atoms with Crippen LogP contribution in [-0.2, 0) is 10.8 Å². The Morgan fingerprint density at radius 2 is 0.726 bits per heavy atom. The first-order valence-corrected chi connectivity index (χ1v) is 27.8. The maximum Gasteiger partial charge on any atom is 0.252 e. The van der Waals surface area contributed by atoms with Gasteiger partial charge in [0.2, 0.25) is 0 Å². The van der Waals surface area contributed by atoms with Crippen LogP contribution in [0.25, 0.3) is 0 Å². The van der Waals surface area contributed by atoms with Gasteiger partial charge >= 0.3 is 0 Å². The van der Waals surface area contributed by atoms with Gasteiger partial charge in [0.25, 0.3) is 6.71 Å². The van der Waals surface area contributed by atoms with Crippen molar-refractivity contribution < 1.29 is 0 Å². The van der Waals surface area contributed by atoms with Gasteiger partial charge in [-0.05, 0) is 126 Å². The topological polar surface area (TPSA) is 9.72 Å². The summed E-state index contributed by atoms with van der Waals surface area (Å²) < 4.78 is 0. The Balaban J connectivity index is 1.21. The van der Waals surface area contributed by atoms with Gasteiger partial charge in [0, 0.05) is 51.2 Å². The average Bonchev–Trinajstić information content (AvgIpc) is 3.42. The molecule has 73 heavy (non-hydrogen) atoms. The number of hydrogen-bond acceptors (Lipinski definition) is 3. The SMILES string of the molecule is CC(C)(C)c1ccccc1N1c2ccc([Si](c3ccccc3)(c3ccccc3)c3ccccc3)cc2B2c3ccc(N(c4ccccc4)c4ccccc4)cc3N(c3ccccc3C(C)(C)C)c3cccc1c32. The number of para-hydroxylation sites is 4. The maximum atomic E-state index is 2.64. The highest BCUT2D eigenvalue weighted by atomic mass is 28.3. The minimum Gasteiger partial charge on any atom is -0.311 e. The van der Waals surface area contributed by atoms with Crippen LogP contribution in [0.15, 0.2) is 255 Å². The van der Waals surface area contributed by atoms with Crippen LogP contribution in [0.1, 0.15) is 52.7 Å². The van der Waals surface area contributed by atoms with Crippen molar-refractivity contribution in [1.29, 1.82) is 0 Å². The van der Waals surface area contributed by atoms with Gasteiger partial charge in [0.05, 0.1) is 0 Å². The molecule has 0 fully saturated rings. The molecular formula is C68H60BN3Si. The fraction of sp³-hybridized carbons (Fsp3) is 0.118. The van der Waals surface area contributed by atoms with Gasteiger partial charge in [0.15, 0.2) is 8.07 Å². The number of nitrogens with zero attached hydrogens (tertiary/aromatic N) is 3. The molecule has 2 aliphatic heterocycles. The lowest BCUT2D eigenvalue weighted by Crippen LogP contribution is -2.75. The average molecular weight is 958 g/mol. The van der Waals surface area contributed by atoms with Crippen LogP contribution in [0, 0.1) is 0 Å². The summed E-state index contributed by atoms with van der Waals surface area (Å²) in [6.07, 6.45) is 0. The number of anilines is 9. The van der Waals surface area contributed by atoms with Crippen molar-refractivity contribution in [3.05, 3.63) is 266 Å². The summed E-state index contributed by atoms with van der Waals surface area (Å²) in [6.45, 7) is 14.0. The Kier molecular flexibility index (Phi) is 11.5. The molecule has 5 heteroatoms. The van der Waals surface area contributed by atoms with Crippen molar-refractivity contribution in [1.82, 2.24) is 0 Å². The summed E-state index contributed by atoms with van der Waals surface area (Å²) in [5, 5.41) is 5.44. The Labute approximate surface area is 433 Å². The molecule has 0 radical (unpaired) electrons. The van der Waals surface area contributed by atoms with E-state index >= 15 is 0 Å². The molecule has 0 saturated heterocycles. The zero-order chi connectivity index (χ0) is 49.9. The summed E-state index contributed by atoms with van der Waals surface area (Å²) in [7, 11) is -2.95. The molecule has 0 bridgehead atoms. The molecule has 0 saturated carbocycles. The monoisotopic (exact) mass is 957 g/mol. The second-order valence-corrected chi connectivity index (χ2v) is 25.5. The fourth-order valence-corrected chi connectivity index (χ4v) is 16.9. The van der Waals surface area contributed by atoms with Crippen molar-refractivity contribution in [2.24, 2.45) is 0 Å². The Morgan fingerprint density at radius 1 is 0.315 bits per heavy atom. The highest BCUT2D eigenvalue weighted by molar-refractivity contribution is 7.20. The summed E-state index contributed by atoms with van der Waals surface area (Å²) in [5.74, 6) is 0. The molecule has 10 aromatic carbocycles. The summed E-state index contributed by atoms with van der Waals surface area (Å²) in [5.41, 5.74) is 16.7. The molecule has 0 spiro atoms. The van der Waals surface area contributed by atoms with Gasteiger partial charge in [-0.3, -0.25) is 0 Å². The first-order valence-electron chi connectivity index (χ1n) is 25.8. The van der Waals surface area contributed by atoms with Crippen molar-refractivity contribution in [3.8, 4) is 0 Å². The van der Waals surface area contributed by atoms with Crippen LogP contribution in [0.5, 0.6) is 0 Å². The lowest BCUT2D eigenvalue weighted by atomic mass is 9.33. The van der Waals surface area contributed by atoms with E-state index in [0.717, 1.165) is 17.1 Å². The molecular weight excluding hydrogens is 898 g/mol. The minimum atomic E-state index is -2.95. The first kappa shape index (κ1) is 46.0. The van der Waals surface area contributed by atoms with Gasteiger partial charge in [-0.15, -0.1) is 0 Å². The smallest absolute Gasteiger partial charge is 0.252 e. The number of fused-ring (bicyclic) bond motifs is 4. The van der Waals surface area contributed by atoms with Crippen LogP contribution in [0.2, 0.25) is 0 Å². The molecule has 2 heterocycles. The van der Waals surface area contributed by atoms with Crippen molar-refractivity contribution in [2.75, 3.05) is 14.7 Å². The molecule has 12 rings (SSSR count). The van der Waals surface area contributed by atoms with E-state index in [0.29, 0.717) is 0 Å². The minimum absolute atomic E-state index is 0.0998. The summed E-state index contributed by atoms with van der Waals surface area (Å²) in [6, 6.07) is 95.7. The van der Waals surface area contributed by atoms with Crippen LogP contribution < -0.4 is 51.8 Å². The molecule has 3 nitrogen and oxygen atoms in total. The standard InChI is InChI=1S/C68H60BN3Si/c1-67(2,3)56-37-22-24-39-60(56)71-62-46-44-55(73(52-31-16-9-17-32-52,53-33-18-10-19-34-53)54-35-20-11-21-36-54)48-59(62)69-58-45-43-51(70(49-27-12-7-13-28-49)50-29-14-8-15-30-50)47-65(58)72(64-42-26-41-63(71)66(64)69)61-40-25-23-38-57(61)68(4,5)6/h7-48H,1-6H3. The van der Waals surface area contributed by atoms with E-state index in [1.807, 2.05) is 0 Å². The molecule has 354 valence electrons. The van der Waals surface area contributed by atoms with Crippen molar-refractivity contribution in [2.45, 2.75) is 52.4 Å². The number of hydrogen-bond donors (Lipinski definition) is 0. The van der Waals surface area contributed by atoms with Crippen molar-refractivity contribution >= 4 is 103 Å². The third-order valence-electron chi connectivity index (χ3n) is 15.2. The normalized spacial score (nSPS) is 13.0. The molecule has 0 aromatic heterocycles. The summed E-state index contributed by atoms with van der Waals surface area (Å²) >= 11 is 0. The van der Waals surface area contributed by atoms with E-state index < -0.39 is 8.07 Å². The van der Waals surface area contributed by atoms with Gasteiger partial charge in [-0.25, -0.2) is 0 Å². The lowest BCUT2D eigenvalue weighted by Gasteiger charge is -2.46. The quantitative estimate of drug-likeness (QED) is 0.105. The van der Waals surface area contributed by atoms with Gasteiger partial charge in [0.1, 0.15) is 0 Å². The Morgan fingerprint density at radius 3 is 1.19 bits per heavy atom. The third-order valence-corrected chi connectivity index (χ3v) is 20.0. The van der Waals surface area contributed by atoms with Crippen molar-refractivity contribution in [3.63, 3.8) is 0 Å². The van der Waals surface area contributed by atoms with E-state index in [2.05, 4.69) is 311 Å². The fourth-order valence-electron chi connectivity index (χ4n) is 12.1. The van der Waals surface area contributed by atoms with Gasteiger partial charge in [-0.1, -0.05) is 230 Å². The Hall–Kier alpha value is -8.12. The number of rotatable bonds is 9. The van der Waals surface area contributed by atoms with Gasteiger partial charge < -0.3 is 14.7 Å². The molecule has 0 N–H and O–H groups in total. The second-order valence-electron chi connectivity index (χ2n) is 21.7. The molecule has 0 amide bonds. The highest BCUT2D eigenvalue weighted by Crippen LogP contribution is 2.49. The highest BCUT2D eigenvalue weighted by Gasteiger charge is 2.47. The predicted octanol–water partition coefficient (Wildman–Crippen LogP) is 13.2. The van der Waals surface area contributed by atoms with Gasteiger partial charge in [-0.2, -0.15) is 0 Å². The van der Waals surface area contributed by atoms with E-state index in [-0.39, 0.29) is 17.5 Å². The molecule has 2 aliphatic rings. The zero-order valence-electron chi connectivity index (χ0n) is 42.7. The second kappa shape index (κ2) is 18.2. The van der Waals surface area contributed by atoms with Crippen LogP contribution >= 0.6 is 0 Å².